The van der Waals surface area contributed by atoms with Gasteiger partial charge in [-0.15, -0.1) is 11.3 Å². The van der Waals surface area contributed by atoms with Gasteiger partial charge in [0.2, 0.25) is 10.0 Å². The molecule has 1 spiro atoms. The molecule has 0 saturated carbocycles. The van der Waals surface area contributed by atoms with E-state index in [2.05, 4.69) is 22.4 Å². The van der Waals surface area contributed by atoms with Gasteiger partial charge in [0.1, 0.15) is 0 Å². The molecule has 2 aliphatic heterocycles. The van der Waals surface area contributed by atoms with Crippen LogP contribution in [0, 0.1) is 0 Å². The highest BCUT2D eigenvalue weighted by atomic mass is 32.2. The van der Waals surface area contributed by atoms with Gasteiger partial charge in [-0.3, -0.25) is 4.90 Å². The van der Waals surface area contributed by atoms with Crippen LogP contribution in [0.4, 0.5) is 0 Å². The normalized spacial score (nSPS) is 29.2. The van der Waals surface area contributed by atoms with E-state index in [1.807, 2.05) is 0 Å². The van der Waals surface area contributed by atoms with Crippen molar-refractivity contribution in [3.05, 3.63) is 22.4 Å². The zero-order valence-corrected chi connectivity index (χ0v) is 13.5. The van der Waals surface area contributed by atoms with Crippen molar-refractivity contribution in [2.75, 3.05) is 25.9 Å². The number of thiophene rings is 1. The zero-order valence-electron chi connectivity index (χ0n) is 11.9. The predicted octanol–water partition coefficient (Wildman–Crippen LogP) is 2.14. The van der Waals surface area contributed by atoms with Crippen LogP contribution < -0.4 is 0 Å². The Hall–Kier alpha value is -0.430. The van der Waals surface area contributed by atoms with Gasteiger partial charge in [0.25, 0.3) is 0 Å². The van der Waals surface area contributed by atoms with Gasteiger partial charge in [-0.1, -0.05) is 6.07 Å². The summed E-state index contributed by atoms with van der Waals surface area (Å²) < 4.78 is 25.9. The van der Waals surface area contributed by atoms with E-state index in [9.17, 15) is 8.42 Å². The summed E-state index contributed by atoms with van der Waals surface area (Å²) in [6, 6.07) is 4.24. The molecular weight excluding hydrogens is 292 g/mol. The summed E-state index contributed by atoms with van der Waals surface area (Å²) in [5.74, 6) is 0. The first-order chi connectivity index (χ1) is 9.50. The van der Waals surface area contributed by atoms with E-state index in [-0.39, 0.29) is 5.54 Å². The number of hydrogen-bond donors (Lipinski definition) is 0. The Morgan fingerprint density at radius 2 is 2.05 bits per heavy atom. The van der Waals surface area contributed by atoms with Crippen LogP contribution in [0.5, 0.6) is 0 Å². The topological polar surface area (TPSA) is 40.6 Å². The molecule has 112 valence electrons. The Morgan fingerprint density at radius 3 is 2.70 bits per heavy atom. The molecular formula is C14H22N2O2S2. The van der Waals surface area contributed by atoms with E-state index < -0.39 is 10.0 Å². The molecule has 4 nitrogen and oxygen atoms in total. The zero-order chi connectivity index (χ0) is 14.2. The average Bonchev–Trinajstić information content (AvgIpc) is 2.99. The number of piperidine rings is 1. The number of rotatable bonds is 3. The van der Waals surface area contributed by atoms with E-state index in [0.717, 1.165) is 45.3 Å². The molecule has 0 aliphatic carbocycles. The molecule has 0 radical (unpaired) electrons. The molecule has 0 N–H and O–H groups in total. The lowest BCUT2D eigenvalue weighted by Gasteiger charge is -2.44. The fourth-order valence-electron chi connectivity index (χ4n) is 3.80. The summed E-state index contributed by atoms with van der Waals surface area (Å²) in [7, 11) is -3.09. The van der Waals surface area contributed by atoms with Crippen LogP contribution in [0.3, 0.4) is 0 Å². The molecule has 2 aliphatic rings. The molecule has 0 aromatic carbocycles. The van der Waals surface area contributed by atoms with Crippen LogP contribution in [-0.2, 0) is 16.6 Å². The summed E-state index contributed by atoms with van der Waals surface area (Å²) in [5.41, 5.74) is -0.136. The summed E-state index contributed by atoms with van der Waals surface area (Å²) >= 11 is 1.78. The van der Waals surface area contributed by atoms with E-state index in [1.165, 1.54) is 11.1 Å². The van der Waals surface area contributed by atoms with Crippen LogP contribution in [0.2, 0.25) is 0 Å². The third-order valence-corrected chi connectivity index (χ3v) is 6.76. The fourth-order valence-corrected chi connectivity index (χ4v) is 5.95. The number of likely N-dealkylation sites (tertiary alicyclic amines) is 1. The van der Waals surface area contributed by atoms with Crippen LogP contribution in [0.25, 0.3) is 0 Å². The van der Waals surface area contributed by atoms with Crippen molar-refractivity contribution in [3.63, 3.8) is 0 Å². The first-order valence-electron chi connectivity index (χ1n) is 7.22. The van der Waals surface area contributed by atoms with Crippen molar-refractivity contribution in [3.8, 4) is 0 Å². The SMILES string of the molecule is CS(=O)(=O)N1CCC[C@@]12CCCN(Cc1cccs1)C2. The highest BCUT2D eigenvalue weighted by molar-refractivity contribution is 7.88. The van der Waals surface area contributed by atoms with Gasteiger partial charge in [-0.2, -0.15) is 4.31 Å². The van der Waals surface area contributed by atoms with Gasteiger partial charge in [0, 0.05) is 30.1 Å². The summed E-state index contributed by atoms with van der Waals surface area (Å²) in [6.45, 7) is 3.62. The average molecular weight is 314 g/mol. The number of sulfonamides is 1. The van der Waals surface area contributed by atoms with E-state index in [0.29, 0.717) is 6.54 Å². The maximum Gasteiger partial charge on any atom is 0.211 e. The molecule has 1 aromatic heterocycles. The molecule has 2 saturated heterocycles. The minimum absolute atomic E-state index is 0.136. The molecule has 6 heteroatoms. The molecule has 3 rings (SSSR count). The molecule has 0 bridgehead atoms. The highest BCUT2D eigenvalue weighted by Gasteiger charge is 2.47. The van der Waals surface area contributed by atoms with Gasteiger partial charge < -0.3 is 0 Å². The lowest BCUT2D eigenvalue weighted by atomic mass is 9.87. The minimum atomic E-state index is -3.09. The predicted molar refractivity (Wildman–Crippen MR) is 82.3 cm³/mol. The van der Waals surface area contributed by atoms with Crippen molar-refractivity contribution >= 4 is 21.4 Å². The second-order valence-electron chi connectivity index (χ2n) is 6.06. The van der Waals surface area contributed by atoms with Crippen molar-refractivity contribution in [1.29, 1.82) is 0 Å². The second-order valence-corrected chi connectivity index (χ2v) is 9.00. The lowest BCUT2D eigenvalue weighted by molar-refractivity contribution is 0.0848. The largest absolute Gasteiger partial charge is 0.296 e. The van der Waals surface area contributed by atoms with Crippen molar-refractivity contribution in [2.24, 2.45) is 0 Å². The Bertz CT molecular complexity index is 556. The van der Waals surface area contributed by atoms with Crippen molar-refractivity contribution in [2.45, 2.75) is 37.8 Å². The Balaban J connectivity index is 1.77. The number of nitrogens with zero attached hydrogens (tertiary/aromatic N) is 2. The molecule has 3 heterocycles. The standard InChI is InChI=1S/C14H22N2O2S2/c1-20(17,18)16-9-4-7-14(16)6-3-8-15(12-14)11-13-5-2-10-19-13/h2,5,10H,3-4,6-9,11-12H2,1H3/t14-/m1/s1. The fraction of sp³-hybridized carbons (Fsp3) is 0.714. The van der Waals surface area contributed by atoms with Crippen LogP contribution >= 0.6 is 11.3 Å². The Labute approximate surface area is 125 Å². The smallest absolute Gasteiger partial charge is 0.211 e. The maximum absolute atomic E-state index is 12.0. The molecule has 20 heavy (non-hydrogen) atoms. The van der Waals surface area contributed by atoms with Crippen LogP contribution in [-0.4, -0.2) is 49.1 Å². The van der Waals surface area contributed by atoms with Crippen molar-refractivity contribution < 1.29 is 8.42 Å². The first-order valence-corrected chi connectivity index (χ1v) is 9.95. The second kappa shape index (κ2) is 5.40. The Morgan fingerprint density at radius 1 is 1.30 bits per heavy atom. The molecule has 1 atom stereocenters. The van der Waals surface area contributed by atoms with E-state index in [1.54, 1.807) is 15.6 Å². The maximum atomic E-state index is 12.0. The third-order valence-electron chi connectivity index (χ3n) is 4.53. The highest BCUT2D eigenvalue weighted by Crippen LogP contribution is 2.39. The number of hydrogen-bond acceptors (Lipinski definition) is 4. The summed E-state index contributed by atoms with van der Waals surface area (Å²) in [4.78, 5) is 3.80. The quantitative estimate of drug-likeness (QED) is 0.858. The third kappa shape index (κ3) is 2.79. The van der Waals surface area contributed by atoms with Gasteiger partial charge in [0.05, 0.1) is 6.26 Å². The van der Waals surface area contributed by atoms with Gasteiger partial charge in [-0.05, 0) is 43.7 Å². The monoisotopic (exact) mass is 314 g/mol. The van der Waals surface area contributed by atoms with Gasteiger partial charge in [-0.25, -0.2) is 8.42 Å². The van der Waals surface area contributed by atoms with Gasteiger partial charge in [0.15, 0.2) is 0 Å². The summed E-state index contributed by atoms with van der Waals surface area (Å²) in [5, 5.41) is 2.10. The van der Waals surface area contributed by atoms with Crippen LogP contribution in [0.15, 0.2) is 17.5 Å². The molecule has 0 amide bonds. The van der Waals surface area contributed by atoms with E-state index >= 15 is 0 Å². The lowest BCUT2D eigenvalue weighted by Crippen LogP contribution is -2.56. The van der Waals surface area contributed by atoms with E-state index in [4.69, 9.17) is 0 Å². The molecule has 2 fully saturated rings. The Kier molecular flexibility index (Phi) is 3.92. The van der Waals surface area contributed by atoms with Crippen molar-refractivity contribution in [1.82, 2.24) is 9.21 Å². The van der Waals surface area contributed by atoms with Crippen LogP contribution in [0.1, 0.15) is 30.6 Å². The molecule has 0 unspecified atom stereocenters. The minimum Gasteiger partial charge on any atom is -0.296 e. The summed E-state index contributed by atoms with van der Waals surface area (Å²) in [6.07, 6.45) is 5.48. The molecule has 1 aromatic rings. The van der Waals surface area contributed by atoms with Gasteiger partial charge >= 0.3 is 0 Å². The first kappa shape index (κ1) is 14.5.